The van der Waals surface area contributed by atoms with Crippen LogP contribution in [0, 0.1) is 0 Å². The Balaban J connectivity index is 4.20. The fraction of sp³-hybridized carbons (Fsp3) is 0.851. The maximum absolute atomic E-state index is 12.7. The number of quaternary nitrogens is 1. The van der Waals surface area contributed by atoms with Crippen molar-refractivity contribution >= 4 is 13.8 Å². The van der Waals surface area contributed by atoms with Crippen LogP contribution in [-0.2, 0) is 27.9 Å². The van der Waals surface area contributed by atoms with Crippen LogP contribution in [0.5, 0.6) is 0 Å². The van der Waals surface area contributed by atoms with Gasteiger partial charge >= 0.3 is 5.97 Å². The Bertz CT molecular complexity index is 994. The molecule has 0 saturated carbocycles. The van der Waals surface area contributed by atoms with Crippen molar-refractivity contribution in [2.45, 2.75) is 206 Å². The molecule has 2 atom stereocenters. The van der Waals surface area contributed by atoms with E-state index in [1.807, 2.05) is 21.1 Å². The number of esters is 1. The lowest BCUT2D eigenvalue weighted by molar-refractivity contribution is -0.870. The highest BCUT2D eigenvalue weighted by molar-refractivity contribution is 7.45. The zero-order valence-corrected chi connectivity index (χ0v) is 38.2. The van der Waals surface area contributed by atoms with E-state index in [0.29, 0.717) is 24.1 Å². The predicted octanol–water partition coefficient (Wildman–Crippen LogP) is 13.1. The first-order valence-electron chi connectivity index (χ1n) is 23.2. The molecule has 0 heterocycles. The van der Waals surface area contributed by atoms with Gasteiger partial charge in [-0.05, 0) is 44.9 Å². The Morgan fingerprint density at radius 2 is 1.04 bits per heavy atom. The lowest BCUT2D eigenvalue weighted by atomic mass is 10.0. The Morgan fingerprint density at radius 1 is 0.571 bits per heavy atom. The van der Waals surface area contributed by atoms with Gasteiger partial charge < -0.3 is 27.9 Å². The van der Waals surface area contributed by atoms with Gasteiger partial charge in [-0.3, -0.25) is 9.36 Å². The van der Waals surface area contributed by atoms with Crippen LogP contribution in [0.1, 0.15) is 200 Å². The van der Waals surface area contributed by atoms with E-state index in [9.17, 15) is 14.3 Å². The molecule has 0 fully saturated rings. The first-order valence-corrected chi connectivity index (χ1v) is 24.7. The van der Waals surface area contributed by atoms with Gasteiger partial charge in [-0.15, -0.1) is 0 Å². The fourth-order valence-electron chi connectivity index (χ4n) is 6.38. The van der Waals surface area contributed by atoms with E-state index >= 15 is 0 Å². The summed E-state index contributed by atoms with van der Waals surface area (Å²) in [6, 6.07) is 0. The van der Waals surface area contributed by atoms with Crippen LogP contribution in [0.2, 0.25) is 0 Å². The SMILES string of the molecule is CC/C=C\C/C=C\C/C=C\CCCCCCCCOCC(COP(=O)([O-])OCC[N+](C)(C)C)OC(=O)CCCCCCCCCCCCCCCCCCCC. The molecule has 0 rings (SSSR count). The van der Waals surface area contributed by atoms with E-state index in [0.717, 1.165) is 64.2 Å². The van der Waals surface area contributed by atoms with Gasteiger partial charge in [0.2, 0.25) is 0 Å². The van der Waals surface area contributed by atoms with E-state index < -0.39 is 13.9 Å². The topological polar surface area (TPSA) is 94.1 Å². The molecule has 0 aliphatic heterocycles. The maximum Gasteiger partial charge on any atom is 0.306 e. The summed E-state index contributed by atoms with van der Waals surface area (Å²) < 4.78 is 34.6. The first-order chi connectivity index (χ1) is 27.1. The Labute approximate surface area is 346 Å². The predicted molar refractivity (Wildman–Crippen MR) is 236 cm³/mol. The minimum absolute atomic E-state index is 0.0241. The van der Waals surface area contributed by atoms with E-state index in [2.05, 4.69) is 50.3 Å². The monoisotopic (exact) mass is 812 g/mol. The fourth-order valence-corrected chi connectivity index (χ4v) is 7.11. The second kappa shape index (κ2) is 40.5. The largest absolute Gasteiger partial charge is 0.756 e. The average Bonchev–Trinajstić information content (AvgIpc) is 3.15. The zero-order chi connectivity index (χ0) is 41.3. The highest BCUT2D eigenvalue weighted by Gasteiger charge is 2.20. The van der Waals surface area contributed by atoms with Crippen molar-refractivity contribution in [3.05, 3.63) is 36.5 Å². The third kappa shape index (κ3) is 43.8. The summed E-state index contributed by atoms with van der Waals surface area (Å²) in [6.45, 7) is 5.30. The van der Waals surface area contributed by atoms with Crippen LogP contribution in [0.15, 0.2) is 36.5 Å². The number of ether oxygens (including phenoxy) is 2. The summed E-state index contributed by atoms with van der Waals surface area (Å²) >= 11 is 0. The van der Waals surface area contributed by atoms with Crippen LogP contribution in [0.3, 0.4) is 0 Å². The molecule has 0 aromatic heterocycles. The number of allylic oxidation sites excluding steroid dienone is 6. The smallest absolute Gasteiger partial charge is 0.306 e. The lowest BCUT2D eigenvalue weighted by Crippen LogP contribution is -2.37. The molecule has 0 aliphatic rings. The molecule has 8 nitrogen and oxygen atoms in total. The van der Waals surface area contributed by atoms with Gasteiger partial charge in [-0.1, -0.05) is 185 Å². The molecule has 0 aliphatic carbocycles. The summed E-state index contributed by atoms with van der Waals surface area (Å²) in [5.41, 5.74) is 0. The third-order valence-electron chi connectivity index (χ3n) is 9.96. The molecule has 0 amide bonds. The van der Waals surface area contributed by atoms with Crippen LogP contribution < -0.4 is 4.89 Å². The van der Waals surface area contributed by atoms with E-state index in [1.54, 1.807) is 0 Å². The summed E-state index contributed by atoms with van der Waals surface area (Å²) in [5.74, 6) is -0.337. The van der Waals surface area contributed by atoms with Gasteiger partial charge in [0.15, 0.2) is 0 Å². The van der Waals surface area contributed by atoms with E-state index in [1.165, 1.54) is 116 Å². The van der Waals surface area contributed by atoms with Gasteiger partial charge in [-0.2, -0.15) is 0 Å². The van der Waals surface area contributed by atoms with Gasteiger partial charge in [0, 0.05) is 13.0 Å². The highest BCUT2D eigenvalue weighted by atomic mass is 31.2. The van der Waals surface area contributed by atoms with Gasteiger partial charge in [0.25, 0.3) is 7.82 Å². The standard InChI is InChI=1S/C47H90NO7P/c1-6-8-10-12-14-16-18-20-22-24-25-26-28-30-32-34-36-38-40-47(49)55-46(45-54-56(50,51)53-43-41-48(3,4)5)44-52-42-39-37-35-33-31-29-27-23-21-19-17-15-13-11-9-7-2/h9,11,15,17,21,23,46H,6-8,10,12-14,16,18-20,22,24-45H2,1-5H3/b11-9-,17-15-,23-21-. The second-order valence-corrected chi connectivity index (χ2v) is 18.2. The van der Waals surface area contributed by atoms with Crippen molar-refractivity contribution in [3.63, 3.8) is 0 Å². The van der Waals surface area contributed by atoms with Crippen LogP contribution in [-0.4, -0.2) is 70.7 Å². The molecule has 0 spiro atoms. The number of rotatable bonds is 43. The molecule has 0 N–H and O–H groups in total. The molecule has 9 heteroatoms. The lowest BCUT2D eigenvalue weighted by Gasteiger charge is -2.28. The quantitative estimate of drug-likeness (QED) is 0.0199. The summed E-state index contributed by atoms with van der Waals surface area (Å²) in [7, 11) is 1.35. The molecule has 330 valence electrons. The number of carbonyl (C=O) groups is 1. The third-order valence-corrected chi connectivity index (χ3v) is 10.9. The number of hydrogen-bond acceptors (Lipinski definition) is 7. The molecule has 0 radical (unpaired) electrons. The molecule has 0 aromatic carbocycles. The minimum atomic E-state index is -4.53. The summed E-state index contributed by atoms with van der Waals surface area (Å²) in [6.07, 6.45) is 47.3. The highest BCUT2D eigenvalue weighted by Crippen LogP contribution is 2.38. The van der Waals surface area contributed by atoms with Gasteiger partial charge in [0.1, 0.15) is 19.3 Å². The molecule has 0 aromatic rings. The van der Waals surface area contributed by atoms with Crippen LogP contribution in [0.4, 0.5) is 0 Å². The number of unbranched alkanes of at least 4 members (excludes halogenated alkanes) is 23. The molecular formula is C47H90NO7P. The number of likely N-dealkylation sites (N-methyl/N-ethyl adjacent to an activating group) is 1. The van der Waals surface area contributed by atoms with Crippen molar-refractivity contribution in [2.75, 3.05) is 54.1 Å². The summed E-state index contributed by atoms with van der Waals surface area (Å²) in [5, 5.41) is 0. The molecular weight excluding hydrogens is 721 g/mol. The minimum Gasteiger partial charge on any atom is -0.756 e. The molecule has 2 unspecified atom stereocenters. The molecule has 56 heavy (non-hydrogen) atoms. The second-order valence-electron chi connectivity index (χ2n) is 16.7. The Morgan fingerprint density at radius 3 is 1.55 bits per heavy atom. The van der Waals surface area contributed by atoms with E-state index in [-0.39, 0.29) is 25.8 Å². The number of carbonyl (C=O) groups excluding carboxylic acids is 1. The molecule has 0 saturated heterocycles. The van der Waals surface area contributed by atoms with Crippen molar-refractivity contribution < 1.29 is 37.3 Å². The van der Waals surface area contributed by atoms with Crippen LogP contribution >= 0.6 is 7.82 Å². The van der Waals surface area contributed by atoms with Crippen molar-refractivity contribution in [2.24, 2.45) is 0 Å². The van der Waals surface area contributed by atoms with Crippen LogP contribution in [0.25, 0.3) is 0 Å². The average molecular weight is 812 g/mol. The van der Waals surface area contributed by atoms with Crippen molar-refractivity contribution in [1.82, 2.24) is 0 Å². The van der Waals surface area contributed by atoms with Crippen molar-refractivity contribution in [3.8, 4) is 0 Å². The van der Waals surface area contributed by atoms with Gasteiger partial charge in [0.05, 0.1) is 34.4 Å². The van der Waals surface area contributed by atoms with Gasteiger partial charge in [-0.25, -0.2) is 0 Å². The zero-order valence-electron chi connectivity index (χ0n) is 37.3. The number of phosphoric acid groups is 1. The maximum atomic E-state index is 12.7. The number of phosphoric ester groups is 1. The Hall–Kier alpha value is -1.28. The first kappa shape index (κ1) is 54.7. The number of nitrogens with zero attached hydrogens (tertiary/aromatic N) is 1. The number of hydrogen-bond donors (Lipinski definition) is 0. The van der Waals surface area contributed by atoms with E-state index in [4.69, 9.17) is 18.5 Å². The van der Waals surface area contributed by atoms with Crippen molar-refractivity contribution in [1.29, 1.82) is 0 Å². The summed E-state index contributed by atoms with van der Waals surface area (Å²) in [4.78, 5) is 25.1. The normalized spacial score (nSPS) is 14.0. The Kier molecular flexibility index (Phi) is 39.6. The molecule has 0 bridgehead atoms.